The van der Waals surface area contributed by atoms with Crippen LogP contribution in [0, 0.1) is 11.8 Å². The van der Waals surface area contributed by atoms with Crippen molar-refractivity contribution in [2.45, 2.75) is 51.9 Å². The standard InChI is InChI=1S/C15H16N2O3S.C13H14N2O3S.2BrH.Cu/c1-2-20-9-5-6-10-11(7-9)21-15(12(10)13(16)18)17-14(19)8-3-4-8;14-11(17)10-8-4-3-7(16)5-9(8)19-13(10)15-12(18)6-1-2-6;;;/h5-8H,2-4H2,1H3,(H2,16,18)(H,17,19);6H,1-5H2,(H2,14,17)(H,15,18);2*1H;/q;;;;+2/p-2. The van der Waals surface area contributed by atoms with E-state index in [4.69, 9.17) is 16.2 Å². The van der Waals surface area contributed by atoms with Gasteiger partial charge in [0.25, 0.3) is 11.8 Å². The molecule has 2 heterocycles. The monoisotopic (exact) mass is 803 g/mol. The number of nitrogens with two attached hydrogens (primary N) is 2. The zero-order valence-corrected chi connectivity index (χ0v) is 28.8. The molecular formula is C28H30Br2CuN4O6S2. The van der Waals surface area contributed by atoms with Gasteiger partial charge < -0.3 is 26.8 Å². The van der Waals surface area contributed by atoms with E-state index in [0.29, 0.717) is 47.0 Å². The maximum atomic E-state index is 11.9. The van der Waals surface area contributed by atoms with Crippen LogP contribution in [0.2, 0.25) is 0 Å². The van der Waals surface area contributed by atoms with Gasteiger partial charge in [-0.25, -0.2) is 0 Å². The van der Waals surface area contributed by atoms with E-state index in [2.05, 4.69) is 38.9 Å². The SMILES string of the molecule is CCOc1ccc2c(C(N)=O)c(NC(=O)C3CC3)sc2c1.NC(=O)c1c(NC(=O)C2CC2)sc2c1CCC(=O)C2.[Br][Cu][Br]. The van der Waals surface area contributed by atoms with E-state index in [1.807, 2.05) is 19.1 Å². The van der Waals surface area contributed by atoms with E-state index in [9.17, 15) is 24.0 Å². The Hall–Kier alpha value is -2.29. The second-order valence-electron chi connectivity index (χ2n) is 10.1. The second-order valence-corrected chi connectivity index (χ2v) is 17.0. The summed E-state index contributed by atoms with van der Waals surface area (Å²) < 4.78 is 6.33. The first-order valence-corrected chi connectivity index (χ1v) is 19.7. The van der Waals surface area contributed by atoms with Crippen molar-refractivity contribution in [2.75, 3.05) is 17.2 Å². The fourth-order valence-corrected chi connectivity index (χ4v) is 7.01. The molecule has 6 N–H and O–H groups in total. The summed E-state index contributed by atoms with van der Waals surface area (Å²) in [5.74, 6) is -0.0837. The van der Waals surface area contributed by atoms with Gasteiger partial charge in [0.05, 0.1) is 17.7 Å². The number of hydrogen-bond donors (Lipinski definition) is 4. The predicted octanol–water partition coefficient (Wildman–Crippen LogP) is 5.69. The van der Waals surface area contributed by atoms with Crippen molar-refractivity contribution in [1.29, 1.82) is 0 Å². The van der Waals surface area contributed by atoms with Gasteiger partial charge in [0, 0.05) is 39.6 Å². The summed E-state index contributed by atoms with van der Waals surface area (Å²) in [6.45, 7) is 2.49. The van der Waals surface area contributed by atoms with Crippen molar-refractivity contribution in [2.24, 2.45) is 23.3 Å². The quantitative estimate of drug-likeness (QED) is 0.213. The fourth-order valence-electron chi connectivity index (χ4n) is 4.58. The molecule has 3 aliphatic rings. The van der Waals surface area contributed by atoms with Crippen molar-refractivity contribution >= 4 is 100 Å². The van der Waals surface area contributed by atoms with E-state index >= 15 is 0 Å². The number of ketones is 1. The molecule has 0 bridgehead atoms. The van der Waals surface area contributed by atoms with Gasteiger partial charge in [-0.3, -0.25) is 24.0 Å². The molecule has 235 valence electrons. The van der Waals surface area contributed by atoms with Crippen LogP contribution in [0.25, 0.3) is 10.1 Å². The number of halogens is 2. The third-order valence-corrected chi connectivity index (χ3v) is 9.15. The molecule has 0 aliphatic heterocycles. The molecule has 0 unspecified atom stereocenters. The van der Waals surface area contributed by atoms with Crippen molar-refractivity contribution in [1.82, 2.24) is 0 Å². The van der Waals surface area contributed by atoms with E-state index in [1.165, 1.54) is 34.0 Å². The molecule has 0 saturated heterocycles. The Morgan fingerprint density at radius 3 is 2.00 bits per heavy atom. The molecular weight excluding hydrogens is 776 g/mol. The number of thiophene rings is 2. The third-order valence-electron chi connectivity index (χ3n) is 6.94. The number of benzene rings is 1. The molecule has 1 aromatic carbocycles. The normalized spacial score (nSPS) is 15.4. The van der Waals surface area contributed by atoms with Gasteiger partial charge in [-0.05, 0) is 62.8 Å². The molecule has 15 heteroatoms. The molecule has 3 aliphatic carbocycles. The number of anilines is 2. The van der Waals surface area contributed by atoms with E-state index in [0.717, 1.165) is 52.0 Å². The topological polar surface area (TPSA) is 171 Å². The van der Waals surface area contributed by atoms with Gasteiger partial charge in [0.15, 0.2) is 0 Å². The van der Waals surface area contributed by atoms with Gasteiger partial charge in [-0.15, -0.1) is 22.7 Å². The predicted molar refractivity (Wildman–Crippen MR) is 172 cm³/mol. The number of Topliss-reactive ketones (excluding diaryl/α,β-unsaturated/α-hetero) is 1. The summed E-state index contributed by atoms with van der Waals surface area (Å²) in [5.41, 5.74) is 12.5. The Labute approximate surface area is 276 Å². The van der Waals surface area contributed by atoms with Crippen molar-refractivity contribution in [3.05, 3.63) is 39.8 Å². The number of primary amides is 2. The average molecular weight is 806 g/mol. The van der Waals surface area contributed by atoms with Gasteiger partial charge in [0.1, 0.15) is 21.5 Å². The summed E-state index contributed by atoms with van der Waals surface area (Å²) in [7, 11) is 0. The zero-order chi connectivity index (χ0) is 31.3. The van der Waals surface area contributed by atoms with Crippen LogP contribution >= 0.6 is 50.9 Å². The molecule has 4 amide bonds. The molecule has 2 fully saturated rings. The first-order chi connectivity index (χ1) is 20.6. The second kappa shape index (κ2) is 15.1. The van der Waals surface area contributed by atoms with E-state index < -0.39 is 11.8 Å². The van der Waals surface area contributed by atoms with E-state index in [-0.39, 0.29) is 29.4 Å². The summed E-state index contributed by atoms with van der Waals surface area (Å²) in [6, 6.07) is 5.48. The van der Waals surface area contributed by atoms with Crippen LogP contribution in [0.5, 0.6) is 5.75 Å². The molecule has 0 atom stereocenters. The number of fused-ring (bicyclic) bond motifs is 2. The molecule has 3 aromatic rings. The van der Waals surface area contributed by atoms with Crippen molar-refractivity contribution in [3.8, 4) is 5.75 Å². The zero-order valence-electron chi connectivity index (χ0n) is 23.0. The molecule has 0 spiro atoms. The van der Waals surface area contributed by atoms with Gasteiger partial charge in [-0.1, -0.05) is 0 Å². The number of hydrogen-bond acceptors (Lipinski definition) is 8. The Kier molecular flexibility index (Phi) is 11.8. The van der Waals surface area contributed by atoms with Crippen LogP contribution in [0.3, 0.4) is 0 Å². The van der Waals surface area contributed by atoms with Crippen LogP contribution in [0.1, 0.15) is 70.2 Å². The van der Waals surface area contributed by atoms with Crippen LogP contribution < -0.4 is 26.8 Å². The Morgan fingerprint density at radius 1 is 0.930 bits per heavy atom. The average Bonchev–Trinajstić information content (AvgIpc) is 3.87. The van der Waals surface area contributed by atoms with Crippen LogP contribution in [-0.2, 0) is 38.6 Å². The Balaban J connectivity index is 0.000000181. The minimum absolute atomic E-state index is 0.0333. The van der Waals surface area contributed by atoms with Gasteiger partial charge in [0.2, 0.25) is 11.8 Å². The summed E-state index contributed by atoms with van der Waals surface area (Å²) in [6.07, 6.45) is 4.97. The molecule has 2 saturated carbocycles. The number of rotatable bonds is 8. The van der Waals surface area contributed by atoms with Gasteiger partial charge >= 0.3 is 39.6 Å². The van der Waals surface area contributed by atoms with Crippen molar-refractivity contribution < 1.29 is 40.1 Å². The van der Waals surface area contributed by atoms with Crippen LogP contribution in [-0.4, -0.2) is 36.0 Å². The van der Waals surface area contributed by atoms with Crippen molar-refractivity contribution in [3.63, 3.8) is 0 Å². The fraction of sp³-hybridized carbons (Fsp3) is 0.393. The minimum atomic E-state index is -0.531. The van der Waals surface area contributed by atoms with Crippen LogP contribution in [0.4, 0.5) is 10.0 Å². The molecule has 6 rings (SSSR count). The molecule has 2 aromatic heterocycles. The first-order valence-electron chi connectivity index (χ1n) is 13.5. The summed E-state index contributed by atoms with van der Waals surface area (Å²) >= 11 is 10.0. The van der Waals surface area contributed by atoms with Crippen LogP contribution in [0.15, 0.2) is 18.2 Å². The third kappa shape index (κ3) is 8.67. The van der Waals surface area contributed by atoms with E-state index in [1.54, 1.807) is 6.07 Å². The van der Waals surface area contributed by atoms with Gasteiger partial charge in [-0.2, -0.15) is 0 Å². The Bertz CT molecular complexity index is 1570. The summed E-state index contributed by atoms with van der Waals surface area (Å²) in [5, 5.41) is 7.43. The number of ether oxygens (including phenoxy) is 1. The number of nitrogens with one attached hydrogen (secondary N) is 2. The molecule has 43 heavy (non-hydrogen) atoms. The molecule has 0 radical (unpaired) electrons. The number of amides is 4. The first kappa shape index (κ1) is 33.6. The summed E-state index contributed by atoms with van der Waals surface area (Å²) in [4.78, 5) is 59.4. The number of carbonyl (C=O) groups excluding carboxylic acids is 5. The molecule has 10 nitrogen and oxygen atoms in total. The Morgan fingerprint density at radius 2 is 1.49 bits per heavy atom. The number of carbonyl (C=O) groups is 5. The maximum absolute atomic E-state index is 11.9.